The number of hydrogen-bond donors (Lipinski definition) is 1. The molecule has 0 saturated carbocycles. The number of amidine groups is 1. The summed E-state index contributed by atoms with van der Waals surface area (Å²) in [6, 6.07) is 0. The van der Waals surface area contributed by atoms with Crippen molar-refractivity contribution in [3.05, 3.63) is 0 Å². The molecule has 1 fully saturated rings. The molecular formula is C10H17N3O2S. The summed E-state index contributed by atoms with van der Waals surface area (Å²) >= 11 is 1.37. The maximum atomic E-state index is 11.8. The van der Waals surface area contributed by atoms with Gasteiger partial charge in [-0.15, -0.1) is 0 Å². The number of aliphatic imine (C=N–C) groups is 1. The van der Waals surface area contributed by atoms with Gasteiger partial charge >= 0.3 is 0 Å². The summed E-state index contributed by atoms with van der Waals surface area (Å²) in [4.78, 5) is 29.2. The Morgan fingerprint density at radius 3 is 2.81 bits per heavy atom. The van der Waals surface area contributed by atoms with Crippen molar-refractivity contribution < 1.29 is 9.59 Å². The van der Waals surface area contributed by atoms with Gasteiger partial charge in [-0.2, -0.15) is 0 Å². The lowest BCUT2D eigenvalue weighted by atomic mass is 10.2. The van der Waals surface area contributed by atoms with Crippen LogP contribution in [0.25, 0.3) is 0 Å². The minimum atomic E-state index is -0.342. The topological polar surface area (TPSA) is 61.8 Å². The van der Waals surface area contributed by atoms with Crippen molar-refractivity contribution in [1.82, 2.24) is 10.2 Å². The van der Waals surface area contributed by atoms with Gasteiger partial charge in [-0.05, 0) is 13.8 Å². The molecule has 16 heavy (non-hydrogen) atoms. The van der Waals surface area contributed by atoms with Crippen molar-refractivity contribution in [1.29, 1.82) is 0 Å². The van der Waals surface area contributed by atoms with Crippen molar-refractivity contribution in [2.75, 3.05) is 20.1 Å². The van der Waals surface area contributed by atoms with Gasteiger partial charge in [-0.25, -0.2) is 0 Å². The first-order valence-electron chi connectivity index (χ1n) is 5.37. The Hall–Kier alpha value is -1.04. The Morgan fingerprint density at radius 1 is 1.62 bits per heavy atom. The highest BCUT2D eigenvalue weighted by Crippen LogP contribution is 2.26. The molecule has 0 spiro atoms. The van der Waals surface area contributed by atoms with E-state index in [0.717, 1.165) is 0 Å². The van der Waals surface area contributed by atoms with Gasteiger partial charge in [0.15, 0.2) is 5.17 Å². The first-order chi connectivity index (χ1) is 7.63. The number of carbonyl (C=O) groups excluding carboxylic acids is 2. The van der Waals surface area contributed by atoms with Crippen LogP contribution in [0.15, 0.2) is 4.99 Å². The summed E-state index contributed by atoms with van der Waals surface area (Å²) in [7, 11) is 1.58. The van der Waals surface area contributed by atoms with E-state index in [9.17, 15) is 9.59 Å². The average molecular weight is 243 g/mol. The quantitative estimate of drug-likeness (QED) is 0.783. The van der Waals surface area contributed by atoms with Crippen LogP contribution in [0.5, 0.6) is 0 Å². The second-order valence-corrected chi connectivity index (χ2v) is 4.49. The molecule has 0 aromatic heterocycles. The molecule has 1 aliphatic rings. The number of nitrogens with zero attached hydrogens (tertiary/aromatic N) is 2. The fourth-order valence-corrected chi connectivity index (χ4v) is 2.75. The van der Waals surface area contributed by atoms with Crippen LogP contribution >= 0.6 is 11.8 Å². The predicted molar refractivity (Wildman–Crippen MR) is 65.4 cm³/mol. The van der Waals surface area contributed by atoms with E-state index in [1.54, 1.807) is 11.9 Å². The molecule has 6 heteroatoms. The van der Waals surface area contributed by atoms with Crippen LogP contribution in [0.4, 0.5) is 0 Å². The summed E-state index contributed by atoms with van der Waals surface area (Å²) in [6.07, 6.45) is 0.251. The normalized spacial score (nSPS) is 23.7. The minimum absolute atomic E-state index is 0.0259. The molecule has 90 valence electrons. The molecule has 1 N–H and O–H groups in total. The third-order valence-corrected chi connectivity index (χ3v) is 3.51. The Morgan fingerprint density at radius 2 is 2.31 bits per heavy atom. The van der Waals surface area contributed by atoms with E-state index in [2.05, 4.69) is 10.3 Å². The van der Waals surface area contributed by atoms with Crippen molar-refractivity contribution in [2.24, 2.45) is 4.99 Å². The lowest BCUT2D eigenvalue weighted by molar-refractivity contribution is -0.130. The highest BCUT2D eigenvalue weighted by Gasteiger charge is 2.34. The van der Waals surface area contributed by atoms with Crippen LogP contribution in [-0.2, 0) is 9.59 Å². The molecule has 0 aromatic rings. The number of rotatable bonds is 3. The SMILES string of the molecule is CCN=C1S[C@@H](C(=O)NC)CC(=O)N1CC. The number of thioether (sulfide) groups is 1. The van der Waals surface area contributed by atoms with E-state index in [1.165, 1.54) is 11.8 Å². The zero-order valence-corrected chi connectivity index (χ0v) is 10.6. The maximum absolute atomic E-state index is 11.8. The van der Waals surface area contributed by atoms with E-state index in [4.69, 9.17) is 0 Å². The zero-order valence-electron chi connectivity index (χ0n) is 9.82. The third-order valence-electron chi connectivity index (χ3n) is 2.29. The van der Waals surface area contributed by atoms with Crippen LogP contribution in [0.2, 0.25) is 0 Å². The Labute approximate surface area is 99.7 Å². The Balaban J connectivity index is 2.84. The summed E-state index contributed by atoms with van der Waals surface area (Å²) < 4.78 is 0. The fraction of sp³-hybridized carbons (Fsp3) is 0.700. The van der Waals surface area contributed by atoms with Crippen LogP contribution in [0.3, 0.4) is 0 Å². The highest BCUT2D eigenvalue weighted by molar-refractivity contribution is 8.15. The largest absolute Gasteiger partial charge is 0.358 e. The fourth-order valence-electron chi connectivity index (χ4n) is 1.48. The minimum Gasteiger partial charge on any atom is -0.358 e. The van der Waals surface area contributed by atoms with Gasteiger partial charge in [0.2, 0.25) is 11.8 Å². The Kier molecular flexibility index (Phi) is 4.79. The van der Waals surface area contributed by atoms with Gasteiger partial charge in [0, 0.05) is 26.6 Å². The molecule has 1 heterocycles. The maximum Gasteiger partial charge on any atom is 0.233 e. The zero-order chi connectivity index (χ0) is 12.1. The van der Waals surface area contributed by atoms with E-state index in [-0.39, 0.29) is 23.5 Å². The molecular weight excluding hydrogens is 226 g/mol. The predicted octanol–water partition coefficient (Wildman–Crippen LogP) is 0.462. The van der Waals surface area contributed by atoms with Crippen LogP contribution in [0.1, 0.15) is 20.3 Å². The molecule has 1 rings (SSSR count). The summed E-state index contributed by atoms with van der Waals surface area (Å²) in [5.41, 5.74) is 0. The summed E-state index contributed by atoms with van der Waals surface area (Å²) in [5.74, 6) is -0.139. The second-order valence-electron chi connectivity index (χ2n) is 3.32. The molecule has 0 aromatic carbocycles. The molecule has 2 amide bonds. The smallest absolute Gasteiger partial charge is 0.233 e. The second kappa shape index (κ2) is 5.89. The van der Waals surface area contributed by atoms with Gasteiger partial charge in [-0.1, -0.05) is 11.8 Å². The van der Waals surface area contributed by atoms with Crippen LogP contribution in [-0.4, -0.2) is 47.3 Å². The van der Waals surface area contributed by atoms with Gasteiger partial charge in [-0.3, -0.25) is 19.5 Å². The molecule has 5 nitrogen and oxygen atoms in total. The molecule has 1 aliphatic heterocycles. The molecule has 0 unspecified atom stereocenters. The van der Waals surface area contributed by atoms with Crippen molar-refractivity contribution in [3.8, 4) is 0 Å². The number of nitrogens with one attached hydrogen (secondary N) is 1. The number of carbonyl (C=O) groups is 2. The van der Waals surface area contributed by atoms with Gasteiger partial charge in [0.1, 0.15) is 0 Å². The first-order valence-corrected chi connectivity index (χ1v) is 6.25. The average Bonchev–Trinajstić information content (AvgIpc) is 2.28. The number of amides is 2. The molecule has 1 atom stereocenters. The molecule has 0 radical (unpaired) electrons. The van der Waals surface area contributed by atoms with Gasteiger partial charge in [0.25, 0.3) is 0 Å². The van der Waals surface area contributed by atoms with E-state index in [1.807, 2.05) is 13.8 Å². The monoisotopic (exact) mass is 243 g/mol. The van der Waals surface area contributed by atoms with E-state index < -0.39 is 0 Å². The highest BCUT2D eigenvalue weighted by atomic mass is 32.2. The number of hydrogen-bond acceptors (Lipinski definition) is 4. The van der Waals surface area contributed by atoms with Crippen molar-refractivity contribution in [2.45, 2.75) is 25.5 Å². The Bertz CT molecular complexity index is 317. The molecule has 0 aliphatic carbocycles. The lowest BCUT2D eigenvalue weighted by Crippen LogP contribution is -2.46. The lowest BCUT2D eigenvalue weighted by Gasteiger charge is -2.30. The van der Waals surface area contributed by atoms with Crippen LogP contribution < -0.4 is 5.32 Å². The molecule has 0 bridgehead atoms. The van der Waals surface area contributed by atoms with Crippen molar-refractivity contribution >= 4 is 28.7 Å². The summed E-state index contributed by atoms with van der Waals surface area (Å²) in [5, 5.41) is 2.89. The summed E-state index contributed by atoms with van der Waals surface area (Å²) in [6.45, 7) is 5.04. The van der Waals surface area contributed by atoms with Gasteiger partial charge in [0.05, 0.1) is 5.25 Å². The standard InChI is InChI=1S/C10H17N3O2S/c1-4-12-10-13(5-2)8(14)6-7(16-10)9(15)11-3/h7H,4-6H2,1-3H3,(H,11,15)/t7-/m1/s1. The van der Waals surface area contributed by atoms with Crippen molar-refractivity contribution in [3.63, 3.8) is 0 Å². The third kappa shape index (κ3) is 2.75. The first kappa shape index (κ1) is 13.0. The molecule has 1 saturated heterocycles. The van der Waals surface area contributed by atoms with E-state index >= 15 is 0 Å². The van der Waals surface area contributed by atoms with Gasteiger partial charge < -0.3 is 5.32 Å². The van der Waals surface area contributed by atoms with E-state index in [0.29, 0.717) is 18.3 Å². The van der Waals surface area contributed by atoms with Crippen LogP contribution in [0, 0.1) is 0 Å².